The summed E-state index contributed by atoms with van der Waals surface area (Å²) in [4.78, 5) is 10.9. The number of aryl methyl sites for hydroxylation is 1. The molecular weight excluding hydrogens is 276 g/mol. The summed E-state index contributed by atoms with van der Waals surface area (Å²) < 4.78 is 5.76. The highest BCUT2D eigenvalue weighted by Crippen LogP contribution is 2.33. The van der Waals surface area contributed by atoms with Gasteiger partial charge in [-0.25, -0.2) is 4.79 Å². The monoisotopic (exact) mass is 286 g/mol. The minimum absolute atomic E-state index is 0.158. The summed E-state index contributed by atoms with van der Waals surface area (Å²) in [6, 6.07) is 12.4. The van der Waals surface area contributed by atoms with E-state index in [0.717, 1.165) is 16.5 Å². The summed E-state index contributed by atoms with van der Waals surface area (Å²) in [7, 11) is 0. The summed E-state index contributed by atoms with van der Waals surface area (Å²) in [5, 5.41) is 10.3. The van der Waals surface area contributed by atoms with Gasteiger partial charge in [0.15, 0.2) is 0 Å². The predicted molar refractivity (Wildman–Crippen MR) is 78.4 cm³/mol. The van der Waals surface area contributed by atoms with Crippen molar-refractivity contribution in [2.24, 2.45) is 0 Å². The molecule has 20 heavy (non-hydrogen) atoms. The van der Waals surface area contributed by atoms with Crippen molar-refractivity contribution < 1.29 is 14.3 Å². The number of benzene rings is 2. The van der Waals surface area contributed by atoms with Crippen LogP contribution in [0.25, 0.3) is 22.3 Å². The van der Waals surface area contributed by atoms with Crippen molar-refractivity contribution in [3.8, 4) is 11.3 Å². The van der Waals surface area contributed by atoms with E-state index < -0.39 is 5.97 Å². The maximum absolute atomic E-state index is 10.9. The van der Waals surface area contributed by atoms with Crippen LogP contribution in [0.1, 0.15) is 15.9 Å². The average Bonchev–Trinajstić information content (AvgIpc) is 2.80. The first-order valence-corrected chi connectivity index (χ1v) is 6.46. The van der Waals surface area contributed by atoms with Crippen LogP contribution in [0.15, 0.2) is 46.9 Å². The molecule has 0 aliphatic rings. The molecule has 3 nitrogen and oxygen atoms in total. The van der Waals surface area contributed by atoms with Gasteiger partial charge in [0.1, 0.15) is 11.3 Å². The van der Waals surface area contributed by atoms with Gasteiger partial charge in [0.05, 0.1) is 10.6 Å². The van der Waals surface area contributed by atoms with Crippen molar-refractivity contribution in [1.82, 2.24) is 0 Å². The Kier molecular flexibility index (Phi) is 2.99. The molecule has 4 heteroatoms. The fraction of sp³-hybridized carbons (Fsp3) is 0.0625. The number of furan rings is 1. The van der Waals surface area contributed by atoms with Crippen molar-refractivity contribution in [2.75, 3.05) is 0 Å². The molecule has 3 rings (SSSR count). The number of hydrogen-bond donors (Lipinski definition) is 1. The van der Waals surface area contributed by atoms with E-state index in [1.165, 1.54) is 12.1 Å². The molecule has 0 aliphatic carbocycles. The van der Waals surface area contributed by atoms with Crippen molar-refractivity contribution in [3.63, 3.8) is 0 Å². The molecule has 1 aromatic heterocycles. The summed E-state index contributed by atoms with van der Waals surface area (Å²) >= 11 is 6.14. The molecule has 0 saturated carbocycles. The molecule has 1 N–H and O–H groups in total. The van der Waals surface area contributed by atoms with Crippen molar-refractivity contribution in [3.05, 3.63) is 58.6 Å². The van der Waals surface area contributed by atoms with Crippen LogP contribution in [-0.2, 0) is 0 Å². The highest BCUT2D eigenvalue weighted by Gasteiger charge is 2.12. The molecule has 100 valence electrons. The second-order valence-electron chi connectivity index (χ2n) is 4.65. The SMILES string of the molecule is Cc1ccc2oc(-c3ccc(C(=O)O)cc3Cl)cc2c1. The third kappa shape index (κ3) is 2.17. The molecule has 0 bridgehead atoms. The molecule has 0 atom stereocenters. The maximum Gasteiger partial charge on any atom is 0.335 e. The lowest BCUT2D eigenvalue weighted by molar-refractivity contribution is 0.0697. The number of hydrogen-bond acceptors (Lipinski definition) is 2. The number of halogens is 1. The Morgan fingerprint density at radius 1 is 1.15 bits per heavy atom. The zero-order chi connectivity index (χ0) is 14.3. The average molecular weight is 287 g/mol. The van der Waals surface area contributed by atoms with E-state index in [-0.39, 0.29) is 5.56 Å². The summed E-state index contributed by atoms with van der Waals surface area (Å²) in [6.07, 6.45) is 0. The number of aromatic carboxylic acids is 1. The second kappa shape index (κ2) is 4.69. The van der Waals surface area contributed by atoms with E-state index in [1.807, 2.05) is 31.2 Å². The lowest BCUT2D eigenvalue weighted by atomic mass is 10.1. The van der Waals surface area contributed by atoms with E-state index in [9.17, 15) is 4.79 Å². The van der Waals surface area contributed by atoms with E-state index in [0.29, 0.717) is 16.3 Å². The number of carbonyl (C=O) groups is 1. The van der Waals surface area contributed by atoms with Gasteiger partial charge < -0.3 is 9.52 Å². The lowest BCUT2D eigenvalue weighted by Gasteiger charge is -2.01. The molecule has 0 unspecified atom stereocenters. The Morgan fingerprint density at radius 3 is 2.65 bits per heavy atom. The Bertz CT molecular complexity index is 818. The van der Waals surface area contributed by atoms with Gasteiger partial charge in [-0.2, -0.15) is 0 Å². The van der Waals surface area contributed by atoms with Crippen molar-refractivity contribution >= 4 is 28.5 Å². The van der Waals surface area contributed by atoms with Crippen LogP contribution in [0.4, 0.5) is 0 Å². The number of fused-ring (bicyclic) bond motifs is 1. The van der Waals surface area contributed by atoms with Crippen LogP contribution in [0.2, 0.25) is 5.02 Å². The smallest absolute Gasteiger partial charge is 0.335 e. The Hall–Kier alpha value is -2.26. The number of carboxylic acid groups (broad SMARTS) is 1. The van der Waals surface area contributed by atoms with Gasteiger partial charge >= 0.3 is 5.97 Å². The van der Waals surface area contributed by atoms with Gasteiger partial charge in [0.25, 0.3) is 0 Å². The van der Waals surface area contributed by atoms with Crippen LogP contribution >= 0.6 is 11.6 Å². The quantitative estimate of drug-likeness (QED) is 0.739. The Balaban J connectivity index is 2.13. The largest absolute Gasteiger partial charge is 0.478 e. The third-order valence-corrected chi connectivity index (χ3v) is 3.47. The minimum Gasteiger partial charge on any atom is -0.478 e. The Labute approximate surface area is 120 Å². The van der Waals surface area contributed by atoms with E-state index in [1.54, 1.807) is 6.07 Å². The second-order valence-corrected chi connectivity index (χ2v) is 5.06. The Morgan fingerprint density at radius 2 is 1.95 bits per heavy atom. The standard InChI is InChI=1S/C16H11ClO3/c1-9-2-5-14-11(6-9)8-15(20-14)12-4-3-10(16(18)19)7-13(12)17/h2-8H,1H3,(H,18,19). The van der Waals surface area contributed by atoms with Crippen LogP contribution in [0, 0.1) is 6.92 Å². The summed E-state index contributed by atoms with van der Waals surface area (Å²) in [5.74, 6) is -0.369. The molecule has 0 radical (unpaired) electrons. The summed E-state index contributed by atoms with van der Waals surface area (Å²) in [6.45, 7) is 2.01. The molecule has 0 fully saturated rings. The molecule has 0 saturated heterocycles. The zero-order valence-corrected chi connectivity index (χ0v) is 11.4. The fourth-order valence-corrected chi connectivity index (χ4v) is 2.42. The minimum atomic E-state index is -1.00. The van der Waals surface area contributed by atoms with E-state index in [4.69, 9.17) is 21.1 Å². The highest BCUT2D eigenvalue weighted by molar-refractivity contribution is 6.33. The maximum atomic E-state index is 10.9. The zero-order valence-electron chi connectivity index (χ0n) is 10.7. The fourth-order valence-electron chi connectivity index (χ4n) is 2.14. The van der Waals surface area contributed by atoms with Gasteiger partial charge in [-0.3, -0.25) is 0 Å². The van der Waals surface area contributed by atoms with Crippen molar-refractivity contribution in [1.29, 1.82) is 0 Å². The molecular formula is C16H11ClO3. The van der Waals surface area contributed by atoms with Crippen LogP contribution in [0.5, 0.6) is 0 Å². The van der Waals surface area contributed by atoms with Gasteiger partial charge in [-0.15, -0.1) is 0 Å². The molecule has 0 amide bonds. The molecule has 1 heterocycles. The van der Waals surface area contributed by atoms with E-state index >= 15 is 0 Å². The molecule has 2 aromatic carbocycles. The van der Waals surface area contributed by atoms with Crippen molar-refractivity contribution in [2.45, 2.75) is 6.92 Å². The highest BCUT2D eigenvalue weighted by atomic mass is 35.5. The first-order valence-electron chi connectivity index (χ1n) is 6.08. The summed E-state index contributed by atoms with van der Waals surface area (Å²) in [5.41, 5.74) is 2.78. The van der Waals surface area contributed by atoms with Crippen LogP contribution in [-0.4, -0.2) is 11.1 Å². The van der Waals surface area contributed by atoms with Gasteiger partial charge in [0.2, 0.25) is 0 Å². The lowest BCUT2D eigenvalue weighted by Crippen LogP contribution is -1.95. The predicted octanol–water partition coefficient (Wildman–Crippen LogP) is 4.76. The normalized spacial score (nSPS) is 10.9. The first kappa shape index (κ1) is 12.8. The van der Waals surface area contributed by atoms with Gasteiger partial charge in [0, 0.05) is 10.9 Å². The van der Waals surface area contributed by atoms with Gasteiger partial charge in [-0.1, -0.05) is 23.2 Å². The molecule has 0 aliphatic heterocycles. The molecule has 3 aromatic rings. The first-order chi connectivity index (χ1) is 9.54. The van der Waals surface area contributed by atoms with Crippen LogP contribution in [0.3, 0.4) is 0 Å². The van der Waals surface area contributed by atoms with Crippen LogP contribution < -0.4 is 0 Å². The topological polar surface area (TPSA) is 50.4 Å². The van der Waals surface area contributed by atoms with Gasteiger partial charge in [-0.05, 0) is 43.3 Å². The van der Waals surface area contributed by atoms with E-state index in [2.05, 4.69) is 0 Å². The number of rotatable bonds is 2. The number of carboxylic acids is 1. The molecule has 0 spiro atoms. The third-order valence-electron chi connectivity index (χ3n) is 3.15.